The summed E-state index contributed by atoms with van der Waals surface area (Å²) in [6.07, 6.45) is 2.96. The van der Waals surface area contributed by atoms with Gasteiger partial charge in [0.15, 0.2) is 0 Å². The molecule has 0 bridgehead atoms. The van der Waals surface area contributed by atoms with E-state index >= 15 is 0 Å². The molecule has 0 saturated heterocycles. The van der Waals surface area contributed by atoms with Gasteiger partial charge in [-0.05, 0) is 18.6 Å². The van der Waals surface area contributed by atoms with Gasteiger partial charge in [-0.2, -0.15) is 0 Å². The topological polar surface area (TPSA) is 18.5 Å². The van der Waals surface area contributed by atoms with Crippen molar-refractivity contribution in [3.8, 4) is 5.75 Å². The molecule has 0 aliphatic carbocycles. The number of ether oxygens (including phenoxy) is 2. The molecule has 1 aromatic carbocycles. The number of para-hydroxylation sites is 1. The van der Waals surface area contributed by atoms with Gasteiger partial charge >= 0.3 is 0 Å². The van der Waals surface area contributed by atoms with E-state index in [2.05, 4.69) is 0 Å². The van der Waals surface area contributed by atoms with Gasteiger partial charge in [-0.1, -0.05) is 29.8 Å². The van der Waals surface area contributed by atoms with Crippen molar-refractivity contribution in [2.75, 3.05) is 0 Å². The van der Waals surface area contributed by atoms with Crippen molar-refractivity contribution < 1.29 is 9.47 Å². The fourth-order valence-corrected chi connectivity index (χ4v) is 1.43. The third-order valence-corrected chi connectivity index (χ3v) is 2.26. The zero-order valence-corrected chi connectivity index (χ0v) is 8.41. The summed E-state index contributed by atoms with van der Waals surface area (Å²) in [5, 5.41) is 0.748. The van der Waals surface area contributed by atoms with Gasteiger partial charge in [-0.15, -0.1) is 0 Å². The summed E-state index contributed by atoms with van der Waals surface area (Å²) in [6, 6.07) is 9.62. The van der Waals surface area contributed by atoms with E-state index in [-0.39, 0.29) is 6.29 Å². The number of benzene rings is 1. The zero-order chi connectivity index (χ0) is 9.80. The minimum Gasteiger partial charge on any atom is -0.461 e. The molecule has 2 nitrogen and oxygen atoms in total. The molecule has 0 radical (unpaired) electrons. The Morgan fingerprint density at radius 3 is 2.71 bits per heavy atom. The van der Waals surface area contributed by atoms with Gasteiger partial charge in [0.2, 0.25) is 6.29 Å². The molecule has 2 rings (SSSR count). The molecule has 1 heterocycles. The van der Waals surface area contributed by atoms with Crippen LogP contribution >= 0.6 is 11.6 Å². The predicted octanol–water partition coefficient (Wildman–Crippen LogP) is 3.28. The molecular weight excluding hydrogens is 200 g/mol. The summed E-state index contributed by atoms with van der Waals surface area (Å²) in [6.45, 7) is 0. The summed E-state index contributed by atoms with van der Waals surface area (Å²) in [4.78, 5) is 0. The van der Waals surface area contributed by atoms with Crippen molar-refractivity contribution in [1.82, 2.24) is 0 Å². The maximum absolute atomic E-state index is 5.77. The van der Waals surface area contributed by atoms with Crippen LogP contribution in [0.1, 0.15) is 12.8 Å². The first-order chi connectivity index (χ1) is 6.84. The van der Waals surface area contributed by atoms with E-state index < -0.39 is 0 Å². The first kappa shape index (κ1) is 9.41. The van der Waals surface area contributed by atoms with Crippen LogP contribution in [0.15, 0.2) is 41.6 Å². The largest absolute Gasteiger partial charge is 0.461 e. The minimum absolute atomic E-state index is 0.208. The van der Waals surface area contributed by atoms with Crippen molar-refractivity contribution in [1.29, 1.82) is 0 Å². The number of rotatable bonds is 2. The van der Waals surface area contributed by atoms with Crippen molar-refractivity contribution in [2.45, 2.75) is 19.1 Å². The Balaban J connectivity index is 1.93. The SMILES string of the molecule is ClC1=COC(Oc2ccccc2)CC1. The van der Waals surface area contributed by atoms with Gasteiger partial charge in [0.1, 0.15) is 12.0 Å². The molecule has 0 amide bonds. The standard InChI is InChI=1S/C11H11ClO2/c12-9-6-7-11(13-8-9)14-10-4-2-1-3-5-10/h1-5,8,11H,6-7H2. The van der Waals surface area contributed by atoms with Crippen LogP contribution in [-0.4, -0.2) is 6.29 Å². The molecule has 14 heavy (non-hydrogen) atoms. The van der Waals surface area contributed by atoms with Gasteiger partial charge in [0, 0.05) is 6.42 Å². The number of halogens is 1. The van der Waals surface area contributed by atoms with E-state index in [0.29, 0.717) is 0 Å². The summed E-state index contributed by atoms with van der Waals surface area (Å²) in [5.41, 5.74) is 0. The Morgan fingerprint density at radius 2 is 2.07 bits per heavy atom. The van der Waals surface area contributed by atoms with Crippen LogP contribution in [0, 0.1) is 0 Å². The predicted molar refractivity (Wildman–Crippen MR) is 55.1 cm³/mol. The van der Waals surface area contributed by atoms with Crippen LogP contribution in [0.3, 0.4) is 0 Å². The van der Waals surface area contributed by atoms with Crippen LogP contribution < -0.4 is 4.74 Å². The molecule has 0 spiro atoms. The number of hydrogen-bond acceptors (Lipinski definition) is 2. The van der Waals surface area contributed by atoms with Crippen molar-refractivity contribution in [3.63, 3.8) is 0 Å². The van der Waals surface area contributed by atoms with E-state index in [1.807, 2.05) is 30.3 Å². The lowest BCUT2D eigenvalue weighted by Gasteiger charge is -2.21. The quantitative estimate of drug-likeness (QED) is 0.746. The zero-order valence-electron chi connectivity index (χ0n) is 7.65. The maximum atomic E-state index is 5.77. The highest BCUT2D eigenvalue weighted by molar-refractivity contribution is 6.29. The smallest absolute Gasteiger partial charge is 0.240 e. The van der Waals surface area contributed by atoms with Crippen LogP contribution in [0.4, 0.5) is 0 Å². The normalized spacial score (nSPS) is 20.9. The van der Waals surface area contributed by atoms with Crippen molar-refractivity contribution in [2.24, 2.45) is 0 Å². The molecule has 1 atom stereocenters. The summed E-state index contributed by atoms with van der Waals surface area (Å²) < 4.78 is 10.9. The molecule has 1 aliphatic rings. The average Bonchev–Trinajstić information content (AvgIpc) is 2.23. The van der Waals surface area contributed by atoms with Crippen molar-refractivity contribution in [3.05, 3.63) is 41.6 Å². The second kappa shape index (κ2) is 4.38. The Labute approximate surface area is 88.1 Å². The number of hydrogen-bond donors (Lipinski definition) is 0. The van der Waals surface area contributed by atoms with Crippen molar-refractivity contribution >= 4 is 11.6 Å². The number of allylic oxidation sites excluding steroid dienone is 1. The van der Waals surface area contributed by atoms with Gasteiger partial charge in [0.05, 0.1) is 5.03 Å². The molecule has 0 N–H and O–H groups in total. The Hall–Kier alpha value is -1.15. The Morgan fingerprint density at radius 1 is 1.29 bits per heavy atom. The lowest BCUT2D eigenvalue weighted by Crippen LogP contribution is -2.20. The molecule has 0 aromatic heterocycles. The van der Waals surface area contributed by atoms with Gasteiger partial charge < -0.3 is 9.47 Å². The summed E-state index contributed by atoms with van der Waals surface area (Å²) in [7, 11) is 0. The van der Waals surface area contributed by atoms with E-state index in [0.717, 1.165) is 23.6 Å². The van der Waals surface area contributed by atoms with E-state index in [9.17, 15) is 0 Å². The van der Waals surface area contributed by atoms with Crippen LogP contribution in [0.5, 0.6) is 5.75 Å². The van der Waals surface area contributed by atoms with Gasteiger partial charge in [0.25, 0.3) is 0 Å². The third kappa shape index (κ3) is 2.42. The molecule has 1 unspecified atom stereocenters. The second-order valence-corrected chi connectivity index (χ2v) is 3.59. The molecule has 0 fully saturated rings. The minimum atomic E-state index is -0.208. The van der Waals surface area contributed by atoms with E-state index in [1.165, 1.54) is 0 Å². The first-order valence-electron chi connectivity index (χ1n) is 4.56. The van der Waals surface area contributed by atoms with Crippen LogP contribution in [0.2, 0.25) is 0 Å². The summed E-state index contributed by atoms with van der Waals surface area (Å²) >= 11 is 5.77. The molecule has 1 aliphatic heterocycles. The average molecular weight is 211 g/mol. The second-order valence-electron chi connectivity index (χ2n) is 3.10. The first-order valence-corrected chi connectivity index (χ1v) is 4.94. The van der Waals surface area contributed by atoms with Crippen LogP contribution in [0.25, 0.3) is 0 Å². The lowest BCUT2D eigenvalue weighted by atomic mass is 10.2. The highest BCUT2D eigenvalue weighted by atomic mass is 35.5. The fraction of sp³-hybridized carbons (Fsp3) is 0.273. The van der Waals surface area contributed by atoms with E-state index in [1.54, 1.807) is 6.26 Å². The molecular formula is C11H11ClO2. The van der Waals surface area contributed by atoms with Gasteiger partial charge in [-0.3, -0.25) is 0 Å². The fourth-order valence-electron chi connectivity index (χ4n) is 1.27. The molecule has 3 heteroatoms. The molecule has 74 valence electrons. The lowest BCUT2D eigenvalue weighted by molar-refractivity contribution is -0.0424. The Bertz CT molecular complexity index is 321. The molecule has 1 aromatic rings. The van der Waals surface area contributed by atoms with Gasteiger partial charge in [-0.25, -0.2) is 0 Å². The van der Waals surface area contributed by atoms with Crippen LogP contribution in [-0.2, 0) is 4.74 Å². The monoisotopic (exact) mass is 210 g/mol. The highest BCUT2D eigenvalue weighted by Gasteiger charge is 2.15. The Kier molecular flexibility index (Phi) is 2.94. The molecule has 0 saturated carbocycles. The maximum Gasteiger partial charge on any atom is 0.240 e. The van der Waals surface area contributed by atoms with E-state index in [4.69, 9.17) is 21.1 Å². The summed E-state index contributed by atoms with van der Waals surface area (Å²) in [5.74, 6) is 0.823. The third-order valence-electron chi connectivity index (χ3n) is 1.98. The highest BCUT2D eigenvalue weighted by Crippen LogP contribution is 2.22.